The Kier molecular flexibility index (Phi) is 52.2. The van der Waals surface area contributed by atoms with Crippen molar-refractivity contribution in [3.63, 3.8) is 0 Å². The third-order valence-electron chi connectivity index (χ3n) is 16.0. The molecule has 6 nitrogen and oxygen atoms in total. The van der Waals surface area contributed by atoms with E-state index >= 15 is 0 Å². The van der Waals surface area contributed by atoms with Gasteiger partial charge in [0, 0.05) is 0 Å². The van der Waals surface area contributed by atoms with Crippen molar-refractivity contribution < 1.29 is 29.3 Å². The van der Waals surface area contributed by atoms with Gasteiger partial charge in [0.2, 0.25) is 0 Å². The molecule has 1 heterocycles. The number of ether oxygens (including phenoxy) is 2. The predicted molar refractivity (Wildman–Crippen MR) is 306 cm³/mol. The lowest BCUT2D eigenvalue weighted by Crippen LogP contribution is -2.40. The molecule has 0 aromatic heterocycles. The molecule has 0 saturated carbocycles. The molecule has 0 amide bonds. The van der Waals surface area contributed by atoms with Gasteiger partial charge < -0.3 is 19.7 Å². The number of aliphatic hydroxyl groups excluding tert-OH is 2. The molecule has 1 rings (SSSR count). The van der Waals surface area contributed by atoms with Crippen molar-refractivity contribution in [3.05, 3.63) is 12.2 Å². The summed E-state index contributed by atoms with van der Waals surface area (Å²) in [4.78, 5) is 24.7. The highest BCUT2D eigenvalue weighted by Gasteiger charge is 2.36. The topological polar surface area (TPSA) is 93.1 Å². The Balaban J connectivity index is 1.68. The van der Waals surface area contributed by atoms with Gasteiger partial charge in [-0.05, 0) is 32.1 Å². The summed E-state index contributed by atoms with van der Waals surface area (Å²) in [6.45, 7) is 1.20. The zero-order valence-electron chi connectivity index (χ0n) is 47.8. The normalized spacial score (nSPS) is 15.3. The summed E-state index contributed by atoms with van der Waals surface area (Å²) < 4.78 is 10.6. The molecule has 1 atom stereocenters. The van der Waals surface area contributed by atoms with Crippen molar-refractivity contribution in [3.8, 4) is 0 Å². The van der Waals surface area contributed by atoms with Crippen molar-refractivity contribution >= 4 is 11.9 Å². The summed E-state index contributed by atoms with van der Waals surface area (Å²) >= 11 is 0. The first-order valence-corrected chi connectivity index (χ1v) is 32.3. The Morgan fingerprint density at radius 3 is 0.873 bits per heavy atom. The van der Waals surface area contributed by atoms with Gasteiger partial charge in [-0.1, -0.05) is 327 Å². The molecule has 0 aromatic rings. The van der Waals surface area contributed by atoms with Crippen LogP contribution in [0.3, 0.4) is 0 Å². The first-order chi connectivity index (χ1) is 35.1. The van der Waals surface area contributed by atoms with Gasteiger partial charge in [0.1, 0.15) is 13.2 Å². The van der Waals surface area contributed by atoms with Crippen molar-refractivity contribution in [1.82, 2.24) is 0 Å². The van der Waals surface area contributed by atoms with Crippen LogP contribution in [0.2, 0.25) is 0 Å². The van der Waals surface area contributed by atoms with Gasteiger partial charge in [-0.15, -0.1) is 0 Å². The number of carbonyl (C=O) groups excluding carboxylic acids is 2. The van der Waals surface area contributed by atoms with E-state index in [4.69, 9.17) is 9.47 Å². The molecule has 2 N–H and O–H groups in total. The largest absolute Gasteiger partial charge is 0.465 e. The fourth-order valence-corrected chi connectivity index (χ4v) is 10.8. The molecule has 1 unspecified atom stereocenters. The lowest BCUT2D eigenvalue weighted by molar-refractivity contribution is -0.155. The van der Waals surface area contributed by atoms with Gasteiger partial charge >= 0.3 is 11.9 Å². The van der Waals surface area contributed by atoms with E-state index < -0.39 is 36.5 Å². The third kappa shape index (κ3) is 46.8. The number of cyclic esters (lactones) is 2. The Morgan fingerprint density at radius 2 is 0.606 bits per heavy atom. The number of unbranched alkanes of at least 4 members (excludes halogenated alkanes) is 50. The van der Waals surface area contributed by atoms with Crippen LogP contribution in [0.4, 0.5) is 0 Å². The van der Waals surface area contributed by atoms with E-state index in [9.17, 15) is 19.8 Å². The molecule has 6 heteroatoms. The molecule has 1 fully saturated rings. The van der Waals surface area contributed by atoms with Crippen molar-refractivity contribution in [2.24, 2.45) is 11.3 Å². The summed E-state index contributed by atoms with van der Waals surface area (Å²) in [5.41, 5.74) is -1.13. The van der Waals surface area contributed by atoms with Crippen LogP contribution >= 0.6 is 0 Å². The molecule has 0 radical (unpaired) electrons. The monoisotopic (exact) mass is 1000 g/mol. The zero-order chi connectivity index (χ0) is 51.1. The molecule has 0 spiro atoms. The van der Waals surface area contributed by atoms with Gasteiger partial charge in [0.15, 0.2) is 0 Å². The van der Waals surface area contributed by atoms with Crippen LogP contribution < -0.4 is 0 Å². The molecular weight excluding hydrogens is 877 g/mol. The van der Waals surface area contributed by atoms with Crippen molar-refractivity contribution in [2.45, 2.75) is 354 Å². The highest BCUT2D eigenvalue weighted by atomic mass is 16.6. The minimum absolute atomic E-state index is 0.000855. The molecule has 71 heavy (non-hydrogen) atoms. The number of rotatable bonds is 56. The number of aliphatic hydroxyl groups is 2. The fraction of sp³-hybridized carbons (Fsp3) is 0.938. The number of allylic oxidation sites excluding steroid dienone is 2. The van der Waals surface area contributed by atoms with Crippen LogP contribution in [-0.4, -0.2) is 48.6 Å². The second kappa shape index (κ2) is 54.8. The maximum atomic E-state index is 12.5. The summed E-state index contributed by atoms with van der Waals surface area (Å²) in [6, 6.07) is 0. The minimum Gasteiger partial charge on any atom is -0.465 e. The van der Waals surface area contributed by atoms with Gasteiger partial charge in [-0.2, -0.15) is 0 Å². The first kappa shape index (κ1) is 67.6. The summed E-state index contributed by atoms with van der Waals surface area (Å²) in [6.07, 6.45) is 78.7. The molecule has 0 aliphatic carbocycles. The predicted octanol–water partition coefficient (Wildman–Crippen LogP) is 20.3. The maximum Gasteiger partial charge on any atom is 0.309 e. The van der Waals surface area contributed by atoms with E-state index in [1.165, 1.54) is 315 Å². The van der Waals surface area contributed by atoms with Crippen molar-refractivity contribution in [2.75, 3.05) is 26.4 Å². The maximum absolute atomic E-state index is 12.5. The van der Waals surface area contributed by atoms with E-state index in [1.807, 2.05) is 0 Å². The average Bonchev–Trinajstić information content (AvgIpc) is 3.44. The van der Waals surface area contributed by atoms with E-state index in [2.05, 4.69) is 19.1 Å². The van der Waals surface area contributed by atoms with Crippen LogP contribution in [0.1, 0.15) is 354 Å². The summed E-state index contributed by atoms with van der Waals surface area (Å²) in [5, 5.41) is 19.2. The Labute approximate surface area is 443 Å². The smallest absolute Gasteiger partial charge is 0.309 e. The number of carbonyl (C=O) groups is 2. The van der Waals surface area contributed by atoms with Gasteiger partial charge in [0.05, 0.1) is 31.0 Å². The zero-order valence-corrected chi connectivity index (χ0v) is 47.8. The summed E-state index contributed by atoms with van der Waals surface area (Å²) in [5.74, 6) is -1.41. The molecule has 1 aliphatic rings. The van der Waals surface area contributed by atoms with E-state index in [0.29, 0.717) is 6.42 Å². The standard InChI is InChI=1S/C65H124O6/c1-2-3-4-5-6-7-8-9-10-11-12-13-14-15-16-17-18-19-20-21-22-23-24-25-26-27-28-29-30-31-32-33-34-35-36-37-38-39-40-41-42-43-44-45-46-47-48-49-50-51-52-53-54-55-56-62-57-63(68)70-60-65(58-66,59-67)61-71-64(62)69/h46-47,62,66-67H,2-45,48-61H2,1H3/b47-46+. The Morgan fingerprint density at radius 1 is 0.366 bits per heavy atom. The second-order valence-corrected chi connectivity index (χ2v) is 23.1. The number of hydrogen-bond acceptors (Lipinski definition) is 6. The lowest BCUT2D eigenvalue weighted by atomic mass is 9.92. The van der Waals surface area contributed by atoms with Gasteiger partial charge in [-0.25, -0.2) is 0 Å². The SMILES string of the molecule is CCCCCCCCCCCCCCCCCCCCCCCCCCCCCCCCCCCCCCCCCCCCC/C=C/CCCCCCCCCC1CC(=O)OCC(CO)(CO)COC1=O. The van der Waals surface area contributed by atoms with E-state index in [-0.39, 0.29) is 19.6 Å². The fourth-order valence-electron chi connectivity index (χ4n) is 10.8. The molecule has 0 bridgehead atoms. The van der Waals surface area contributed by atoms with Crippen molar-refractivity contribution in [1.29, 1.82) is 0 Å². The lowest BCUT2D eigenvalue weighted by Gasteiger charge is -2.27. The highest BCUT2D eigenvalue weighted by molar-refractivity contribution is 5.80. The molecular formula is C65H124O6. The molecule has 1 saturated heterocycles. The Bertz CT molecular complexity index is 1120. The van der Waals surface area contributed by atoms with Gasteiger partial charge in [-0.3, -0.25) is 9.59 Å². The molecule has 0 aromatic carbocycles. The average molecular weight is 1000 g/mol. The number of esters is 2. The van der Waals surface area contributed by atoms with Crippen LogP contribution in [0.15, 0.2) is 12.2 Å². The quantitative estimate of drug-likeness (QED) is 0.0358. The number of hydrogen-bond donors (Lipinski definition) is 2. The summed E-state index contributed by atoms with van der Waals surface area (Å²) in [7, 11) is 0. The van der Waals surface area contributed by atoms with Gasteiger partial charge in [0.25, 0.3) is 0 Å². The first-order valence-electron chi connectivity index (χ1n) is 32.3. The second-order valence-electron chi connectivity index (χ2n) is 23.1. The third-order valence-corrected chi connectivity index (χ3v) is 16.0. The van der Waals surface area contributed by atoms with Crippen LogP contribution in [0, 0.1) is 11.3 Å². The van der Waals surface area contributed by atoms with Crippen LogP contribution in [0.25, 0.3) is 0 Å². The molecule has 1 aliphatic heterocycles. The molecule has 420 valence electrons. The Hall–Kier alpha value is -1.40. The highest BCUT2D eigenvalue weighted by Crippen LogP contribution is 2.25. The van der Waals surface area contributed by atoms with Crippen LogP contribution in [0.5, 0.6) is 0 Å². The van der Waals surface area contributed by atoms with E-state index in [1.54, 1.807) is 0 Å². The van der Waals surface area contributed by atoms with E-state index in [0.717, 1.165) is 19.3 Å². The van der Waals surface area contributed by atoms with Crippen LogP contribution in [-0.2, 0) is 19.1 Å². The minimum atomic E-state index is -1.13.